The molecule has 0 aliphatic carbocycles. The van der Waals surface area contributed by atoms with E-state index < -0.39 is 17.5 Å². The predicted octanol–water partition coefficient (Wildman–Crippen LogP) is 2.91. The molecule has 6 nitrogen and oxygen atoms in total. The molecular formula is C15H10ClF2N5O. The molecule has 0 fully saturated rings. The highest BCUT2D eigenvalue weighted by Gasteiger charge is 2.13. The second-order valence-corrected chi connectivity index (χ2v) is 5.20. The van der Waals surface area contributed by atoms with Crippen LogP contribution in [-0.2, 0) is 11.3 Å². The first-order chi connectivity index (χ1) is 11.5. The van der Waals surface area contributed by atoms with Crippen molar-refractivity contribution in [2.75, 3.05) is 5.32 Å². The summed E-state index contributed by atoms with van der Waals surface area (Å²) in [5.41, 5.74) is 0.313. The van der Waals surface area contributed by atoms with Crippen LogP contribution in [-0.4, -0.2) is 26.1 Å². The maximum absolute atomic E-state index is 13.5. The van der Waals surface area contributed by atoms with Gasteiger partial charge >= 0.3 is 0 Å². The first-order valence-corrected chi connectivity index (χ1v) is 7.18. The molecule has 1 N–H and O–H groups in total. The summed E-state index contributed by atoms with van der Waals surface area (Å²) in [6.45, 7) is -0.312. The third kappa shape index (κ3) is 3.54. The zero-order valence-corrected chi connectivity index (χ0v) is 12.8. The van der Waals surface area contributed by atoms with Gasteiger partial charge in [0.25, 0.3) is 0 Å². The van der Waals surface area contributed by atoms with Crippen LogP contribution in [0.1, 0.15) is 0 Å². The molecule has 0 unspecified atom stereocenters. The number of carbonyl (C=O) groups excluding carboxylic acids is 1. The number of anilines is 1. The van der Waals surface area contributed by atoms with Crippen molar-refractivity contribution in [3.05, 3.63) is 59.1 Å². The summed E-state index contributed by atoms with van der Waals surface area (Å²) in [7, 11) is 0. The smallest absolute Gasteiger partial charge is 0.248 e. The number of rotatable bonds is 4. The molecule has 24 heavy (non-hydrogen) atoms. The number of carbonyl (C=O) groups is 1. The van der Waals surface area contributed by atoms with Crippen LogP contribution < -0.4 is 5.32 Å². The van der Waals surface area contributed by atoms with Crippen LogP contribution in [0.25, 0.3) is 11.4 Å². The van der Waals surface area contributed by atoms with Crippen LogP contribution in [0.2, 0.25) is 5.02 Å². The van der Waals surface area contributed by atoms with Crippen molar-refractivity contribution in [1.29, 1.82) is 0 Å². The standard InChI is InChI=1S/C15H10ClF2N5O/c16-11-4-2-1-3-10(11)15-20-22-23(21-15)8-14(24)19-13-7-9(17)5-6-12(13)18/h1-7H,8H2,(H,19,24). The summed E-state index contributed by atoms with van der Waals surface area (Å²) >= 11 is 6.04. The van der Waals surface area contributed by atoms with Gasteiger partial charge in [-0.2, -0.15) is 4.80 Å². The molecule has 0 spiro atoms. The minimum absolute atomic E-state index is 0.255. The maximum atomic E-state index is 13.5. The van der Waals surface area contributed by atoms with E-state index in [9.17, 15) is 13.6 Å². The highest BCUT2D eigenvalue weighted by Crippen LogP contribution is 2.23. The van der Waals surface area contributed by atoms with Gasteiger partial charge in [0, 0.05) is 11.6 Å². The van der Waals surface area contributed by atoms with Crippen LogP contribution in [0, 0.1) is 11.6 Å². The Morgan fingerprint density at radius 3 is 2.79 bits per heavy atom. The lowest BCUT2D eigenvalue weighted by Crippen LogP contribution is -2.21. The van der Waals surface area contributed by atoms with Crippen molar-refractivity contribution in [3.63, 3.8) is 0 Å². The SMILES string of the molecule is O=C(Cn1nnc(-c2ccccc2Cl)n1)Nc1cc(F)ccc1F. The average molecular weight is 350 g/mol. The molecule has 0 radical (unpaired) electrons. The number of halogens is 3. The van der Waals surface area contributed by atoms with Crippen molar-refractivity contribution in [2.24, 2.45) is 0 Å². The van der Waals surface area contributed by atoms with Gasteiger partial charge in [0.15, 0.2) is 0 Å². The molecule has 2 aromatic carbocycles. The largest absolute Gasteiger partial charge is 0.322 e. The minimum atomic E-state index is -0.743. The summed E-state index contributed by atoms with van der Waals surface area (Å²) in [4.78, 5) is 12.9. The Morgan fingerprint density at radius 2 is 2.00 bits per heavy atom. The molecule has 0 saturated heterocycles. The highest BCUT2D eigenvalue weighted by molar-refractivity contribution is 6.33. The van der Waals surface area contributed by atoms with Gasteiger partial charge in [-0.05, 0) is 29.5 Å². The summed E-state index contributed by atoms with van der Waals surface area (Å²) in [6, 6.07) is 9.69. The quantitative estimate of drug-likeness (QED) is 0.786. The summed E-state index contributed by atoms with van der Waals surface area (Å²) in [6.07, 6.45) is 0. The van der Waals surface area contributed by atoms with Crippen LogP contribution in [0.4, 0.5) is 14.5 Å². The van der Waals surface area contributed by atoms with Gasteiger partial charge in [-0.1, -0.05) is 23.7 Å². The fraction of sp³-hybridized carbons (Fsp3) is 0.0667. The van der Waals surface area contributed by atoms with Gasteiger partial charge < -0.3 is 5.32 Å². The number of amides is 1. The van der Waals surface area contributed by atoms with E-state index >= 15 is 0 Å². The fourth-order valence-corrected chi connectivity index (χ4v) is 2.19. The molecule has 3 rings (SSSR count). The van der Waals surface area contributed by atoms with E-state index in [1.807, 2.05) is 0 Å². The summed E-state index contributed by atoms with van der Waals surface area (Å²) < 4.78 is 26.6. The fourth-order valence-electron chi connectivity index (χ4n) is 1.97. The second kappa shape index (κ2) is 6.71. The van der Waals surface area contributed by atoms with E-state index in [0.29, 0.717) is 10.6 Å². The van der Waals surface area contributed by atoms with Gasteiger partial charge in [-0.15, -0.1) is 10.2 Å². The molecule has 0 atom stereocenters. The van der Waals surface area contributed by atoms with Crippen molar-refractivity contribution in [1.82, 2.24) is 20.2 Å². The topological polar surface area (TPSA) is 72.7 Å². The predicted molar refractivity (Wildman–Crippen MR) is 83.3 cm³/mol. The van der Waals surface area contributed by atoms with E-state index in [1.54, 1.807) is 24.3 Å². The van der Waals surface area contributed by atoms with Gasteiger partial charge in [-0.25, -0.2) is 8.78 Å². The third-order valence-electron chi connectivity index (χ3n) is 3.06. The molecule has 3 aromatic rings. The van der Waals surface area contributed by atoms with E-state index in [4.69, 9.17) is 11.6 Å². The molecule has 0 bridgehead atoms. The maximum Gasteiger partial charge on any atom is 0.248 e. The van der Waals surface area contributed by atoms with Crippen LogP contribution >= 0.6 is 11.6 Å². The number of nitrogens with zero attached hydrogens (tertiary/aromatic N) is 4. The number of tetrazole rings is 1. The van der Waals surface area contributed by atoms with Crippen molar-refractivity contribution in [2.45, 2.75) is 6.54 Å². The van der Waals surface area contributed by atoms with Gasteiger partial charge in [0.1, 0.15) is 18.2 Å². The van der Waals surface area contributed by atoms with Crippen LogP contribution in [0.5, 0.6) is 0 Å². The van der Waals surface area contributed by atoms with Crippen molar-refractivity contribution < 1.29 is 13.6 Å². The van der Waals surface area contributed by atoms with E-state index in [-0.39, 0.29) is 18.1 Å². The Bertz CT molecular complexity index is 899. The Kier molecular flexibility index (Phi) is 4.48. The molecule has 1 heterocycles. The number of benzene rings is 2. The average Bonchev–Trinajstić information content (AvgIpc) is 2.99. The lowest BCUT2D eigenvalue weighted by molar-refractivity contribution is -0.117. The first kappa shape index (κ1) is 16.0. The first-order valence-electron chi connectivity index (χ1n) is 6.80. The zero-order chi connectivity index (χ0) is 17.1. The van der Waals surface area contributed by atoms with E-state index in [0.717, 1.165) is 23.0 Å². The molecule has 1 aromatic heterocycles. The summed E-state index contributed by atoms with van der Waals surface area (Å²) in [5.74, 6) is -1.77. The molecule has 122 valence electrons. The van der Waals surface area contributed by atoms with Crippen molar-refractivity contribution in [3.8, 4) is 11.4 Å². The molecule has 0 saturated carbocycles. The lowest BCUT2D eigenvalue weighted by atomic mass is 10.2. The Morgan fingerprint density at radius 1 is 1.21 bits per heavy atom. The van der Waals surface area contributed by atoms with Crippen LogP contribution in [0.15, 0.2) is 42.5 Å². The normalized spacial score (nSPS) is 10.6. The number of hydrogen-bond donors (Lipinski definition) is 1. The second-order valence-electron chi connectivity index (χ2n) is 4.80. The van der Waals surface area contributed by atoms with Gasteiger partial charge in [0.2, 0.25) is 11.7 Å². The molecule has 0 aliphatic rings. The molecular weight excluding hydrogens is 340 g/mol. The third-order valence-corrected chi connectivity index (χ3v) is 3.38. The highest BCUT2D eigenvalue weighted by atomic mass is 35.5. The van der Waals surface area contributed by atoms with Crippen molar-refractivity contribution >= 4 is 23.2 Å². The number of aromatic nitrogens is 4. The molecule has 0 aliphatic heterocycles. The lowest BCUT2D eigenvalue weighted by Gasteiger charge is -2.05. The van der Waals surface area contributed by atoms with Crippen LogP contribution in [0.3, 0.4) is 0 Å². The monoisotopic (exact) mass is 349 g/mol. The minimum Gasteiger partial charge on any atom is -0.322 e. The van der Waals surface area contributed by atoms with E-state index in [1.165, 1.54) is 0 Å². The molecule has 1 amide bonds. The Balaban J connectivity index is 1.72. The summed E-state index contributed by atoms with van der Waals surface area (Å²) in [5, 5.41) is 14.3. The van der Waals surface area contributed by atoms with E-state index in [2.05, 4.69) is 20.7 Å². The Labute approximate surface area is 140 Å². The number of hydrogen-bond acceptors (Lipinski definition) is 4. The zero-order valence-electron chi connectivity index (χ0n) is 12.1. The van der Waals surface area contributed by atoms with Gasteiger partial charge in [0.05, 0.1) is 10.7 Å². The van der Waals surface area contributed by atoms with Gasteiger partial charge in [-0.3, -0.25) is 4.79 Å². The Hall–Kier alpha value is -2.87. The number of nitrogens with one attached hydrogen (secondary N) is 1. The molecule has 9 heteroatoms.